The SMILES string of the molecule is CCN1C(=O)C(C)(CC)NC(=O)C1C1CC1. The molecule has 1 aliphatic carbocycles. The first-order valence-corrected chi connectivity index (χ1v) is 6.16. The van der Waals surface area contributed by atoms with Crippen LogP contribution in [-0.4, -0.2) is 34.8 Å². The average molecular weight is 224 g/mol. The Balaban J connectivity index is 2.26. The van der Waals surface area contributed by atoms with Gasteiger partial charge in [-0.15, -0.1) is 0 Å². The third-order valence-corrected chi connectivity index (χ3v) is 3.85. The maximum atomic E-state index is 12.3. The molecule has 0 aromatic heterocycles. The van der Waals surface area contributed by atoms with Crippen molar-refractivity contribution in [1.82, 2.24) is 10.2 Å². The fourth-order valence-corrected chi connectivity index (χ4v) is 2.44. The van der Waals surface area contributed by atoms with Crippen LogP contribution in [0.2, 0.25) is 0 Å². The van der Waals surface area contributed by atoms with Gasteiger partial charge in [0, 0.05) is 6.54 Å². The number of carbonyl (C=O) groups excluding carboxylic acids is 2. The Morgan fingerprint density at radius 3 is 2.44 bits per heavy atom. The highest BCUT2D eigenvalue weighted by Gasteiger charge is 2.51. The van der Waals surface area contributed by atoms with Gasteiger partial charge in [0.05, 0.1) is 0 Å². The second-order valence-corrected chi connectivity index (χ2v) is 5.05. The summed E-state index contributed by atoms with van der Waals surface area (Å²) in [4.78, 5) is 26.1. The van der Waals surface area contributed by atoms with Crippen LogP contribution in [0, 0.1) is 5.92 Å². The number of piperazine rings is 1. The van der Waals surface area contributed by atoms with E-state index in [1.807, 2.05) is 20.8 Å². The molecule has 1 aliphatic heterocycles. The zero-order chi connectivity index (χ0) is 11.9. The molecule has 1 N–H and O–H groups in total. The van der Waals surface area contributed by atoms with E-state index in [4.69, 9.17) is 0 Å². The van der Waals surface area contributed by atoms with Crippen LogP contribution in [0.15, 0.2) is 0 Å². The van der Waals surface area contributed by atoms with Gasteiger partial charge in [-0.25, -0.2) is 0 Å². The number of rotatable bonds is 3. The molecule has 1 saturated carbocycles. The van der Waals surface area contributed by atoms with E-state index in [1.54, 1.807) is 4.90 Å². The first-order valence-electron chi connectivity index (χ1n) is 6.16. The second kappa shape index (κ2) is 3.75. The van der Waals surface area contributed by atoms with Gasteiger partial charge in [-0.2, -0.15) is 0 Å². The summed E-state index contributed by atoms with van der Waals surface area (Å²) in [6.45, 7) is 6.33. The fourth-order valence-electron chi connectivity index (χ4n) is 2.44. The molecule has 0 spiro atoms. The van der Waals surface area contributed by atoms with Gasteiger partial charge in [-0.3, -0.25) is 9.59 Å². The number of likely N-dealkylation sites (N-methyl/N-ethyl adjacent to an activating group) is 1. The third-order valence-electron chi connectivity index (χ3n) is 3.85. The molecular weight excluding hydrogens is 204 g/mol. The Bertz CT molecular complexity index is 325. The van der Waals surface area contributed by atoms with Gasteiger partial charge in [0.15, 0.2) is 0 Å². The molecule has 0 aromatic carbocycles. The zero-order valence-corrected chi connectivity index (χ0v) is 10.2. The lowest BCUT2D eigenvalue weighted by atomic mass is 9.90. The summed E-state index contributed by atoms with van der Waals surface area (Å²) >= 11 is 0. The van der Waals surface area contributed by atoms with Crippen molar-refractivity contribution >= 4 is 11.8 Å². The predicted molar refractivity (Wildman–Crippen MR) is 60.7 cm³/mol. The van der Waals surface area contributed by atoms with E-state index in [9.17, 15) is 9.59 Å². The van der Waals surface area contributed by atoms with Crippen LogP contribution < -0.4 is 5.32 Å². The van der Waals surface area contributed by atoms with Crippen LogP contribution >= 0.6 is 0 Å². The van der Waals surface area contributed by atoms with E-state index in [-0.39, 0.29) is 17.9 Å². The normalized spacial score (nSPS) is 35.2. The van der Waals surface area contributed by atoms with Crippen LogP contribution in [-0.2, 0) is 9.59 Å². The Hall–Kier alpha value is -1.06. The molecule has 1 saturated heterocycles. The Morgan fingerprint density at radius 2 is 2.00 bits per heavy atom. The highest BCUT2D eigenvalue weighted by molar-refractivity contribution is 5.99. The Morgan fingerprint density at radius 1 is 1.38 bits per heavy atom. The van der Waals surface area contributed by atoms with Crippen molar-refractivity contribution in [2.75, 3.05) is 6.54 Å². The van der Waals surface area contributed by atoms with Gasteiger partial charge in [0.1, 0.15) is 11.6 Å². The molecule has 2 unspecified atom stereocenters. The monoisotopic (exact) mass is 224 g/mol. The first-order chi connectivity index (χ1) is 7.53. The fraction of sp³-hybridized carbons (Fsp3) is 0.833. The van der Waals surface area contributed by atoms with E-state index >= 15 is 0 Å². The molecule has 4 nitrogen and oxygen atoms in total. The predicted octanol–water partition coefficient (Wildman–Crippen LogP) is 0.912. The van der Waals surface area contributed by atoms with E-state index in [2.05, 4.69) is 5.32 Å². The number of nitrogens with one attached hydrogen (secondary N) is 1. The molecule has 2 amide bonds. The van der Waals surface area contributed by atoms with E-state index in [0.717, 1.165) is 12.8 Å². The molecule has 0 bridgehead atoms. The van der Waals surface area contributed by atoms with Crippen molar-refractivity contribution in [3.8, 4) is 0 Å². The second-order valence-electron chi connectivity index (χ2n) is 5.05. The number of hydrogen-bond donors (Lipinski definition) is 1. The minimum atomic E-state index is -0.696. The van der Waals surface area contributed by atoms with Crippen LogP contribution in [0.5, 0.6) is 0 Å². The maximum Gasteiger partial charge on any atom is 0.248 e. The lowest BCUT2D eigenvalue weighted by Crippen LogP contribution is -2.69. The summed E-state index contributed by atoms with van der Waals surface area (Å²) in [6, 6.07) is -0.211. The van der Waals surface area contributed by atoms with Crippen molar-refractivity contribution < 1.29 is 9.59 Å². The van der Waals surface area contributed by atoms with Crippen molar-refractivity contribution in [2.45, 2.75) is 51.6 Å². The van der Waals surface area contributed by atoms with Crippen LogP contribution in [0.25, 0.3) is 0 Å². The minimum absolute atomic E-state index is 0.0355. The summed E-state index contributed by atoms with van der Waals surface area (Å²) in [7, 11) is 0. The molecule has 2 atom stereocenters. The van der Waals surface area contributed by atoms with Gasteiger partial charge >= 0.3 is 0 Å². The van der Waals surface area contributed by atoms with E-state index in [0.29, 0.717) is 18.9 Å². The van der Waals surface area contributed by atoms with E-state index < -0.39 is 5.54 Å². The van der Waals surface area contributed by atoms with Gasteiger partial charge in [0.25, 0.3) is 0 Å². The highest BCUT2D eigenvalue weighted by atomic mass is 16.2. The molecule has 16 heavy (non-hydrogen) atoms. The summed E-state index contributed by atoms with van der Waals surface area (Å²) < 4.78 is 0. The smallest absolute Gasteiger partial charge is 0.248 e. The average Bonchev–Trinajstić information content (AvgIpc) is 3.06. The van der Waals surface area contributed by atoms with Crippen LogP contribution in [0.1, 0.15) is 40.0 Å². The summed E-state index contributed by atoms with van der Waals surface area (Å²) in [5, 5.41) is 2.90. The lowest BCUT2D eigenvalue weighted by molar-refractivity contribution is -0.155. The molecule has 4 heteroatoms. The number of nitrogens with zero attached hydrogens (tertiary/aromatic N) is 1. The topological polar surface area (TPSA) is 49.4 Å². The molecule has 0 aromatic rings. The van der Waals surface area contributed by atoms with Gasteiger partial charge < -0.3 is 10.2 Å². The van der Waals surface area contributed by atoms with Crippen molar-refractivity contribution in [2.24, 2.45) is 5.92 Å². The highest BCUT2D eigenvalue weighted by Crippen LogP contribution is 2.38. The summed E-state index contributed by atoms with van der Waals surface area (Å²) in [5.41, 5.74) is -0.696. The maximum absolute atomic E-state index is 12.3. The molecular formula is C12H20N2O2. The molecule has 1 heterocycles. The van der Waals surface area contributed by atoms with Crippen molar-refractivity contribution in [3.63, 3.8) is 0 Å². The minimum Gasteiger partial charge on any atom is -0.340 e. The van der Waals surface area contributed by atoms with Gasteiger partial charge in [0.2, 0.25) is 11.8 Å². The lowest BCUT2D eigenvalue weighted by Gasteiger charge is -2.44. The van der Waals surface area contributed by atoms with E-state index in [1.165, 1.54) is 0 Å². The molecule has 2 aliphatic rings. The Labute approximate surface area is 96.4 Å². The van der Waals surface area contributed by atoms with Crippen molar-refractivity contribution in [3.05, 3.63) is 0 Å². The standard InChI is InChI=1S/C12H20N2O2/c1-4-12(3)11(16)14(5-2)9(8-6-7-8)10(15)13-12/h8-9H,4-7H2,1-3H3,(H,13,15). The summed E-state index contributed by atoms with van der Waals surface area (Å²) in [5.74, 6) is 0.507. The van der Waals surface area contributed by atoms with Crippen LogP contribution in [0.3, 0.4) is 0 Å². The third kappa shape index (κ3) is 1.60. The first kappa shape index (κ1) is 11.4. The number of amides is 2. The molecule has 2 fully saturated rings. The number of carbonyl (C=O) groups is 2. The number of hydrogen-bond acceptors (Lipinski definition) is 2. The van der Waals surface area contributed by atoms with Gasteiger partial charge in [-0.05, 0) is 39.0 Å². The Kier molecular flexibility index (Phi) is 2.68. The quantitative estimate of drug-likeness (QED) is 0.774. The molecule has 0 radical (unpaired) electrons. The zero-order valence-electron chi connectivity index (χ0n) is 10.2. The molecule has 2 rings (SSSR count). The summed E-state index contributed by atoms with van der Waals surface area (Å²) in [6.07, 6.45) is 2.79. The largest absolute Gasteiger partial charge is 0.340 e. The van der Waals surface area contributed by atoms with Crippen molar-refractivity contribution in [1.29, 1.82) is 0 Å². The molecule has 90 valence electrons. The van der Waals surface area contributed by atoms with Gasteiger partial charge in [-0.1, -0.05) is 6.92 Å². The van der Waals surface area contributed by atoms with Crippen LogP contribution in [0.4, 0.5) is 0 Å².